The Balaban J connectivity index is 1.76. The molecule has 0 saturated heterocycles. The van der Waals surface area contributed by atoms with Crippen LogP contribution in [0, 0.1) is 0 Å². The van der Waals surface area contributed by atoms with Crippen molar-refractivity contribution >= 4 is 17.8 Å². The van der Waals surface area contributed by atoms with Gasteiger partial charge in [-0.2, -0.15) is 5.10 Å². The molecule has 0 spiro atoms. The predicted molar refractivity (Wildman–Crippen MR) is 91.9 cm³/mol. The highest BCUT2D eigenvalue weighted by molar-refractivity contribution is 5.94. The molecule has 1 aliphatic rings. The molecule has 3 aromatic rings. The average Bonchev–Trinajstić information content (AvgIpc) is 3.24. The number of aromatic nitrogens is 2. The number of hydrogen-bond acceptors (Lipinski definition) is 3. The topological polar surface area (TPSA) is 60.1 Å². The number of furan rings is 1. The molecule has 2 aromatic heterocycles. The summed E-state index contributed by atoms with van der Waals surface area (Å²) >= 11 is 0. The molecule has 24 heavy (non-hydrogen) atoms. The number of carbonyl (C=O) groups is 1. The Labute approximate surface area is 139 Å². The van der Waals surface area contributed by atoms with E-state index in [1.54, 1.807) is 10.9 Å². The van der Waals surface area contributed by atoms with E-state index in [-0.39, 0.29) is 11.8 Å². The van der Waals surface area contributed by atoms with E-state index in [0.29, 0.717) is 6.42 Å². The van der Waals surface area contributed by atoms with E-state index in [4.69, 9.17) is 4.42 Å². The second-order valence-corrected chi connectivity index (χ2v) is 5.90. The highest BCUT2D eigenvalue weighted by Gasteiger charge is 2.30. The molecule has 0 unspecified atom stereocenters. The van der Waals surface area contributed by atoms with Crippen molar-refractivity contribution in [1.82, 2.24) is 9.78 Å². The number of benzene rings is 1. The predicted octanol–water partition coefficient (Wildman–Crippen LogP) is 3.99. The third-order valence-corrected chi connectivity index (χ3v) is 4.28. The summed E-state index contributed by atoms with van der Waals surface area (Å²) in [5, 5.41) is 7.45. The first-order chi connectivity index (χ1) is 11.7. The molecule has 1 atom stereocenters. The van der Waals surface area contributed by atoms with Gasteiger partial charge >= 0.3 is 0 Å². The van der Waals surface area contributed by atoms with Gasteiger partial charge < -0.3 is 9.73 Å². The first-order valence-corrected chi connectivity index (χ1v) is 7.87. The monoisotopic (exact) mass is 319 g/mol. The van der Waals surface area contributed by atoms with Gasteiger partial charge in [-0.05, 0) is 37.3 Å². The first-order valence-electron chi connectivity index (χ1n) is 7.87. The summed E-state index contributed by atoms with van der Waals surface area (Å²) < 4.78 is 7.16. The number of carbonyl (C=O) groups excluding carboxylic acids is 1. The van der Waals surface area contributed by atoms with Crippen LogP contribution in [0.3, 0.4) is 0 Å². The van der Waals surface area contributed by atoms with E-state index in [2.05, 4.69) is 10.4 Å². The van der Waals surface area contributed by atoms with Crippen molar-refractivity contribution in [3.05, 3.63) is 71.8 Å². The van der Waals surface area contributed by atoms with Gasteiger partial charge in [-0.25, -0.2) is 4.68 Å². The van der Waals surface area contributed by atoms with Crippen LogP contribution < -0.4 is 5.32 Å². The normalized spacial score (nSPS) is 17.5. The van der Waals surface area contributed by atoms with E-state index >= 15 is 0 Å². The summed E-state index contributed by atoms with van der Waals surface area (Å²) in [5.41, 5.74) is 3.03. The lowest BCUT2D eigenvalue weighted by Gasteiger charge is -2.24. The number of allylic oxidation sites excluding steroid dienone is 1. The maximum absolute atomic E-state index is 12.2. The van der Waals surface area contributed by atoms with Crippen LogP contribution in [0.1, 0.15) is 30.6 Å². The average molecular weight is 319 g/mol. The number of rotatable bonds is 3. The quantitative estimate of drug-likeness (QED) is 0.794. The van der Waals surface area contributed by atoms with Crippen molar-refractivity contribution < 1.29 is 9.21 Å². The van der Waals surface area contributed by atoms with E-state index in [0.717, 1.165) is 28.4 Å². The summed E-state index contributed by atoms with van der Waals surface area (Å²) in [6.45, 7) is 2.02. The maximum Gasteiger partial charge on any atom is 0.226 e. The molecular weight excluding hydrogens is 302 g/mol. The zero-order valence-electron chi connectivity index (χ0n) is 13.3. The van der Waals surface area contributed by atoms with Crippen LogP contribution in [0.5, 0.6) is 0 Å². The van der Waals surface area contributed by atoms with Crippen molar-refractivity contribution in [3.8, 4) is 5.69 Å². The van der Waals surface area contributed by atoms with Crippen LogP contribution in [-0.4, -0.2) is 15.7 Å². The Hall–Kier alpha value is -3.08. The fourth-order valence-corrected chi connectivity index (χ4v) is 3.09. The van der Waals surface area contributed by atoms with Gasteiger partial charge in [-0.1, -0.05) is 23.8 Å². The molecule has 1 N–H and O–H groups in total. The number of fused-ring (bicyclic) bond motifs is 1. The zero-order valence-corrected chi connectivity index (χ0v) is 13.3. The van der Waals surface area contributed by atoms with Crippen molar-refractivity contribution in [3.63, 3.8) is 0 Å². The highest BCUT2D eigenvalue weighted by atomic mass is 16.3. The minimum atomic E-state index is -0.00341. The minimum Gasteiger partial charge on any atom is -0.465 e. The van der Waals surface area contributed by atoms with E-state index in [1.165, 1.54) is 0 Å². The molecule has 3 heterocycles. The summed E-state index contributed by atoms with van der Waals surface area (Å²) in [4.78, 5) is 12.2. The van der Waals surface area contributed by atoms with Crippen molar-refractivity contribution in [1.29, 1.82) is 0 Å². The Bertz CT molecular complexity index is 892. The Morgan fingerprint density at radius 2 is 2.12 bits per heavy atom. The van der Waals surface area contributed by atoms with Gasteiger partial charge in [0.05, 0.1) is 18.1 Å². The molecule has 0 aliphatic carbocycles. The Kier molecular flexibility index (Phi) is 3.54. The molecular formula is C19H17N3O2. The fourth-order valence-electron chi connectivity index (χ4n) is 3.09. The number of amides is 1. The van der Waals surface area contributed by atoms with E-state index in [9.17, 15) is 4.79 Å². The third-order valence-electron chi connectivity index (χ3n) is 4.28. The highest BCUT2D eigenvalue weighted by Crippen LogP contribution is 2.38. The largest absolute Gasteiger partial charge is 0.465 e. The van der Waals surface area contributed by atoms with Gasteiger partial charge in [0.2, 0.25) is 5.91 Å². The zero-order chi connectivity index (χ0) is 16.5. The molecule has 0 saturated carbocycles. The van der Waals surface area contributed by atoms with Crippen LogP contribution >= 0.6 is 0 Å². The van der Waals surface area contributed by atoms with Gasteiger partial charge in [0.25, 0.3) is 0 Å². The SMILES string of the molecule is C/C(=C\c1ccco1)[C@H]1CC(=O)Nc2c1cnn2-c1ccccc1. The van der Waals surface area contributed by atoms with Crippen LogP contribution in [0.4, 0.5) is 5.82 Å². The molecule has 4 rings (SSSR count). The standard InChI is InChI=1S/C19H17N3O2/c1-13(10-15-8-5-9-24-15)16-11-18(23)21-19-17(16)12-20-22(19)14-6-3-2-4-7-14/h2-10,12,16H,11H2,1H3,(H,21,23)/b13-10+/t16-/m1/s1. The minimum absolute atomic E-state index is 0.00243. The van der Waals surface area contributed by atoms with Crippen LogP contribution in [0.2, 0.25) is 0 Å². The molecule has 1 amide bonds. The van der Waals surface area contributed by atoms with Gasteiger partial charge in [0.15, 0.2) is 0 Å². The Morgan fingerprint density at radius 3 is 2.88 bits per heavy atom. The smallest absolute Gasteiger partial charge is 0.226 e. The first kappa shape index (κ1) is 14.5. The summed E-state index contributed by atoms with van der Waals surface area (Å²) in [5.74, 6) is 1.53. The third kappa shape index (κ3) is 2.54. The Morgan fingerprint density at radius 1 is 1.29 bits per heavy atom. The second-order valence-electron chi connectivity index (χ2n) is 5.90. The van der Waals surface area contributed by atoms with Gasteiger partial charge in [0.1, 0.15) is 11.6 Å². The number of anilines is 1. The summed E-state index contributed by atoms with van der Waals surface area (Å²) in [6, 6.07) is 13.5. The molecule has 0 fully saturated rings. The molecule has 0 radical (unpaired) electrons. The second kappa shape index (κ2) is 5.85. The number of nitrogens with zero attached hydrogens (tertiary/aromatic N) is 2. The van der Waals surface area contributed by atoms with E-state index < -0.39 is 0 Å². The lowest BCUT2D eigenvalue weighted by Crippen LogP contribution is -2.24. The van der Waals surface area contributed by atoms with Gasteiger partial charge in [0, 0.05) is 17.9 Å². The van der Waals surface area contributed by atoms with Gasteiger partial charge in [-0.15, -0.1) is 0 Å². The molecule has 0 bridgehead atoms. The number of para-hydroxylation sites is 1. The fraction of sp³-hybridized carbons (Fsp3) is 0.158. The van der Waals surface area contributed by atoms with Crippen molar-refractivity contribution in [2.75, 3.05) is 5.32 Å². The lowest BCUT2D eigenvalue weighted by atomic mass is 9.87. The van der Waals surface area contributed by atoms with Crippen molar-refractivity contribution in [2.45, 2.75) is 19.3 Å². The van der Waals surface area contributed by atoms with Crippen LogP contribution in [0.15, 0.2) is 64.9 Å². The lowest BCUT2D eigenvalue weighted by molar-refractivity contribution is -0.116. The van der Waals surface area contributed by atoms with Crippen molar-refractivity contribution in [2.24, 2.45) is 0 Å². The van der Waals surface area contributed by atoms with Crippen LogP contribution in [0.25, 0.3) is 11.8 Å². The molecule has 1 aliphatic heterocycles. The molecule has 5 nitrogen and oxygen atoms in total. The number of nitrogens with one attached hydrogen (secondary N) is 1. The van der Waals surface area contributed by atoms with Crippen LogP contribution in [-0.2, 0) is 4.79 Å². The molecule has 120 valence electrons. The maximum atomic E-state index is 12.2. The summed E-state index contributed by atoms with van der Waals surface area (Å²) in [7, 11) is 0. The molecule has 5 heteroatoms. The summed E-state index contributed by atoms with van der Waals surface area (Å²) in [6.07, 6.45) is 5.88. The molecule has 1 aromatic carbocycles. The number of hydrogen-bond donors (Lipinski definition) is 1. The van der Waals surface area contributed by atoms with E-state index in [1.807, 2.05) is 61.7 Å². The van der Waals surface area contributed by atoms with Gasteiger partial charge in [-0.3, -0.25) is 4.79 Å².